The normalized spacial score (nSPS) is 14.4. The first-order chi connectivity index (χ1) is 10.3. The van der Waals surface area contributed by atoms with Crippen LogP contribution < -0.4 is 10.1 Å². The number of likely N-dealkylation sites (N-methyl/N-ethyl adjacent to an activating group) is 1. The molecule has 1 aromatic carbocycles. The van der Waals surface area contributed by atoms with E-state index in [1.807, 2.05) is 0 Å². The number of ether oxygens (including phenoxy) is 1. The van der Waals surface area contributed by atoms with E-state index in [2.05, 4.69) is 5.32 Å². The van der Waals surface area contributed by atoms with Gasteiger partial charge in [0, 0.05) is 13.1 Å². The van der Waals surface area contributed by atoms with Crippen LogP contribution in [0.3, 0.4) is 0 Å². The van der Waals surface area contributed by atoms with Gasteiger partial charge in [0.05, 0.1) is 6.54 Å². The van der Waals surface area contributed by atoms with Crippen molar-refractivity contribution in [2.45, 2.75) is 38.3 Å². The second kappa shape index (κ2) is 6.34. The van der Waals surface area contributed by atoms with E-state index in [0.717, 1.165) is 12.8 Å². The fraction of sp³-hybridized carbons (Fsp3) is 0.500. The lowest BCUT2D eigenvalue weighted by Gasteiger charge is -2.29. The predicted molar refractivity (Wildman–Crippen MR) is 79.9 cm³/mol. The maximum Gasteiger partial charge on any atom is 0.266 e. The minimum Gasteiger partial charge on any atom is -0.478 e. The van der Waals surface area contributed by atoms with Crippen molar-refractivity contribution >= 4 is 11.8 Å². The van der Waals surface area contributed by atoms with Crippen LogP contribution in [0.4, 0.5) is 4.39 Å². The molecule has 1 fully saturated rings. The third-order valence-electron chi connectivity index (χ3n) is 3.37. The lowest BCUT2D eigenvalue weighted by atomic mass is 10.1. The number of benzene rings is 1. The summed E-state index contributed by atoms with van der Waals surface area (Å²) in [4.78, 5) is 25.5. The van der Waals surface area contributed by atoms with Gasteiger partial charge in [-0.15, -0.1) is 0 Å². The van der Waals surface area contributed by atoms with Crippen molar-refractivity contribution in [1.29, 1.82) is 0 Å². The zero-order valence-corrected chi connectivity index (χ0v) is 13.1. The molecular weight excluding hydrogens is 287 g/mol. The van der Waals surface area contributed by atoms with Crippen LogP contribution in [0.2, 0.25) is 0 Å². The average Bonchev–Trinajstić information content (AvgIpc) is 3.24. The van der Waals surface area contributed by atoms with Gasteiger partial charge >= 0.3 is 0 Å². The van der Waals surface area contributed by atoms with Crippen molar-refractivity contribution in [1.82, 2.24) is 10.2 Å². The lowest BCUT2D eigenvalue weighted by Crippen LogP contribution is -2.50. The van der Waals surface area contributed by atoms with Gasteiger partial charge in [-0.1, -0.05) is 0 Å². The largest absolute Gasteiger partial charge is 0.478 e. The van der Waals surface area contributed by atoms with E-state index in [9.17, 15) is 14.0 Å². The SMILES string of the molecule is CN(CC(=O)NC1CC1)C(=O)C(C)(C)Oc1ccc(F)cc1. The van der Waals surface area contributed by atoms with Gasteiger partial charge in [0.1, 0.15) is 11.6 Å². The van der Waals surface area contributed by atoms with Crippen molar-refractivity contribution in [3.63, 3.8) is 0 Å². The Bertz CT molecular complexity index is 553. The van der Waals surface area contributed by atoms with Gasteiger partial charge in [0.15, 0.2) is 5.60 Å². The van der Waals surface area contributed by atoms with Crippen molar-refractivity contribution < 1.29 is 18.7 Å². The standard InChI is InChI=1S/C16H21FN2O3/c1-16(2,22-13-8-4-11(17)5-9-13)15(21)19(3)10-14(20)18-12-6-7-12/h4-5,8-9,12H,6-7,10H2,1-3H3,(H,18,20). The molecule has 0 spiro atoms. The molecule has 2 rings (SSSR count). The summed E-state index contributed by atoms with van der Waals surface area (Å²) in [6.07, 6.45) is 2.01. The van der Waals surface area contributed by atoms with E-state index in [1.165, 1.54) is 29.2 Å². The fourth-order valence-corrected chi connectivity index (χ4v) is 2.09. The lowest BCUT2D eigenvalue weighted by molar-refractivity contribution is -0.146. The highest BCUT2D eigenvalue weighted by atomic mass is 19.1. The maximum absolute atomic E-state index is 12.9. The topological polar surface area (TPSA) is 58.6 Å². The summed E-state index contributed by atoms with van der Waals surface area (Å²) >= 11 is 0. The first-order valence-corrected chi connectivity index (χ1v) is 7.27. The van der Waals surface area contributed by atoms with Crippen molar-refractivity contribution in [3.8, 4) is 5.75 Å². The molecule has 0 saturated heterocycles. The van der Waals surface area contributed by atoms with E-state index < -0.39 is 5.60 Å². The summed E-state index contributed by atoms with van der Waals surface area (Å²) in [6, 6.07) is 5.72. The predicted octanol–water partition coefficient (Wildman–Crippen LogP) is 1.72. The number of hydrogen-bond donors (Lipinski definition) is 1. The number of carbonyl (C=O) groups is 2. The van der Waals surface area contributed by atoms with Gasteiger partial charge in [-0.2, -0.15) is 0 Å². The molecule has 0 bridgehead atoms. The molecule has 120 valence electrons. The summed E-state index contributed by atoms with van der Waals surface area (Å²) in [5, 5.41) is 2.83. The van der Waals surface area contributed by atoms with E-state index >= 15 is 0 Å². The van der Waals surface area contributed by atoms with E-state index in [-0.39, 0.29) is 30.2 Å². The molecule has 1 N–H and O–H groups in total. The third-order valence-corrected chi connectivity index (χ3v) is 3.37. The monoisotopic (exact) mass is 308 g/mol. The quantitative estimate of drug-likeness (QED) is 0.870. The Morgan fingerprint density at radius 2 is 1.91 bits per heavy atom. The number of amides is 2. The molecule has 0 aliphatic heterocycles. The second-order valence-electron chi connectivity index (χ2n) is 6.07. The van der Waals surface area contributed by atoms with Crippen LogP contribution in [0.5, 0.6) is 5.75 Å². The van der Waals surface area contributed by atoms with Crippen LogP contribution in [0.1, 0.15) is 26.7 Å². The highest BCUT2D eigenvalue weighted by Gasteiger charge is 2.34. The molecule has 1 saturated carbocycles. The van der Waals surface area contributed by atoms with Crippen molar-refractivity contribution in [2.24, 2.45) is 0 Å². The Kier molecular flexibility index (Phi) is 4.68. The fourth-order valence-electron chi connectivity index (χ4n) is 2.09. The Balaban J connectivity index is 1.92. The summed E-state index contributed by atoms with van der Waals surface area (Å²) in [5.74, 6) is -0.459. The number of nitrogens with one attached hydrogen (secondary N) is 1. The van der Waals surface area contributed by atoms with Crippen LogP contribution >= 0.6 is 0 Å². The Hall–Kier alpha value is -2.11. The summed E-state index contributed by atoms with van der Waals surface area (Å²) in [7, 11) is 1.56. The number of hydrogen-bond acceptors (Lipinski definition) is 3. The number of nitrogens with zero attached hydrogens (tertiary/aromatic N) is 1. The van der Waals surface area contributed by atoms with Gasteiger partial charge in [0.2, 0.25) is 5.91 Å². The van der Waals surface area contributed by atoms with E-state index in [4.69, 9.17) is 4.74 Å². The third kappa shape index (κ3) is 4.44. The van der Waals surface area contributed by atoms with Gasteiger partial charge in [-0.05, 0) is 51.0 Å². The summed E-state index contributed by atoms with van der Waals surface area (Å²) < 4.78 is 18.5. The molecule has 5 nitrogen and oxygen atoms in total. The first kappa shape index (κ1) is 16.3. The highest BCUT2D eigenvalue weighted by Crippen LogP contribution is 2.21. The highest BCUT2D eigenvalue weighted by molar-refractivity contribution is 5.89. The Labute approximate surface area is 129 Å². The molecule has 0 unspecified atom stereocenters. The smallest absolute Gasteiger partial charge is 0.266 e. The maximum atomic E-state index is 12.9. The van der Waals surface area contributed by atoms with Crippen LogP contribution in [-0.2, 0) is 9.59 Å². The number of halogens is 1. The van der Waals surface area contributed by atoms with Gasteiger partial charge in [-0.3, -0.25) is 9.59 Å². The average molecular weight is 308 g/mol. The Morgan fingerprint density at radius 1 is 1.32 bits per heavy atom. The van der Waals surface area contributed by atoms with Gasteiger partial charge in [0.25, 0.3) is 5.91 Å². The van der Waals surface area contributed by atoms with Crippen LogP contribution in [0.25, 0.3) is 0 Å². The minimum absolute atomic E-state index is 0.00839. The summed E-state index contributed by atoms with van der Waals surface area (Å²) in [6.45, 7) is 3.23. The minimum atomic E-state index is -1.15. The molecule has 0 atom stereocenters. The molecule has 0 aromatic heterocycles. The molecule has 1 aliphatic rings. The van der Waals surface area contributed by atoms with Crippen LogP contribution in [0.15, 0.2) is 24.3 Å². The molecule has 0 radical (unpaired) electrons. The molecule has 2 amide bonds. The van der Waals surface area contributed by atoms with Crippen molar-refractivity contribution in [3.05, 3.63) is 30.1 Å². The zero-order valence-electron chi connectivity index (χ0n) is 13.1. The molecular formula is C16H21FN2O3. The molecule has 1 aromatic rings. The van der Waals surface area contributed by atoms with Crippen LogP contribution in [-0.4, -0.2) is 41.9 Å². The van der Waals surface area contributed by atoms with Gasteiger partial charge in [-0.25, -0.2) is 4.39 Å². The molecule has 6 heteroatoms. The molecule has 22 heavy (non-hydrogen) atoms. The molecule has 1 aliphatic carbocycles. The molecule has 0 heterocycles. The number of carbonyl (C=O) groups excluding carboxylic acids is 2. The van der Waals surface area contributed by atoms with E-state index in [1.54, 1.807) is 20.9 Å². The zero-order chi connectivity index (χ0) is 16.3. The Morgan fingerprint density at radius 3 is 2.45 bits per heavy atom. The van der Waals surface area contributed by atoms with E-state index in [0.29, 0.717) is 5.75 Å². The summed E-state index contributed by atoms with van der Waals surface area (Å²) in [5.41, 5.74) is -1.15. The second-order valence-corrected chi connectivity index (χ2v) is 6.07. The van der Waals surface area contributed by atoms with Crippen LogP contribution in [0, 0.1) is 5.82 Å². The van der Waals surface area contributed by atoms with Crippen molar-refractivity contribution in [2.75, 3.05) is 13.6 Å². The number of rotatable bonds is 6. The first-order valence-electron chi connectivity index (χ1n) is 7.27. The van der Waals surface area contributed by atoms with Gasteiger partial charge < -0.3 is 15.0 Å².